The highest BCUT2D eigenvalue weighted by atomic mass is 35.5. The second-order valence-corrected chi connectivity index (χ2v) is 8.05. The van der Waals surface area contributed by atoms with Crippen LogP contribution in [0.15, 0.2) is 47.4 Å². The summed E-state index contributed by atoms with van der Waals surface area (Å²) in [5.41, 5.74) is 2.06. The number of hydrogen-bond donors (Lipinski definition) is 1. The number of sulfonamides is 1. The molecular weight excluding hydrogens is 334 g/mol. The fraction of sp³-hybridized carbons (Fsp3) is 0.294. The molecule has 1 heterocycles. The van der Waals surface area contributed by atoms with Gasteiger partial charge in [-0.15, -0.1) is 0 Å². The van der Waals surface area contributed by atoms with Crippen molar-refractivity contribution in [2.24, 2.45) is 0 Å². The lowest BCUT2D eigenvalue weighted by Crippen LogP contribution is -2.31. The number of halogens is 1. The summed E-state index contributed by atoms with van der Waals surface area (Å²) in [5, 5.41) is 10.8. The largest absolute Gasteiger partial charge is 0.388 e. The van der Waals surface area contributed by atoms with Gasteiger partial charge in [-0.2, -0.15) is 0 Å². The summed E-state index contributed by atoms with van der Waals surface area (Å²) in [5.74, 6) is 0. The van der Waals surface area contributed by atoms with E-state index in [4.69, 9.17) is 11.6 Å². The number of nitrogens with zero attached hydrogens (tertiary/aromatic N) is 1. The number of hydrogen-bond acceptors (Lipinski definition) is 3. The van der Waals surface area contributed by atoms with E-state index in [9.17, 15) is 13.5 Å². The number of aryl methyl sites for hydroxylation is 1. The van der Waals surface area contributed by atoms with E-state index < -0.39 is 16.1 Å². The van der Waals surface area contributed by atoms with Gasteiger partial charge in [-0.3, -0.25) is 4.31 Å². The minimum absolute atomic E-state index is 0.250. The molecule has 1 atom stereocenters. The minimum Gasteiger partial charge on any atom is -0.388 e. The Morgan fingerprint density at radius 3 is 2.57 bits per heavy atom. The van der Waals surface area contributed by atoms with Crippen LogP contribution < -0.4 is 4.31 Å². The Morgan fingerprint density at radius 1 is 1.17 bits per heavy atom. The SMILES string of the molecule is Cc1ccc(S(=O)(=O)N2CCC[C@@H](O)c3cc(Cl)ccc32)cc1. The Hall–Kier alpha value is -1.56. The van der Waals surface area contributed by atoms with Gasteiger partial charge in [-0.25, -0.2) is 8.42 Å². The zero-order valence-corrected chi connectivity index (χ0v) is 14.3. The van der Waals surface area contributed by atoms with Crippen molar-refractivity contribution in [1.82, 2.24) is 0 Å². The van der Waals surface area contributed by atoms with E-state index >= 15 is 0 Å². The molecule has 0 bridgehead atoms. The molecule has 2 aromatic carbocycles. The van der Waals surface area contributed by atoms with Crippen LogP contribution in [0.3, 0.4) is 0 Å². The van der Waals surface area contributed by atoms with Gasteiger partial charge in [0.1, 0.15) is 0 Å². The van der Waals surface area contributed by atoms with Gasteiger partial charge in [0.05, 0.1) is 16.7 Å². The Bertz CT molecular complexity index is 818. The molecule has 0 spiro atoms. The number of aliphatic hydroxyl groups excluding tert-OH is 1. The van der Waals surface area contributed by atoms with E-state index in [-0.39, 0.29) is 4.90 Å². The summed E-state index contributed by atoms with van der Waals surface area (Å²) in [6.45, 7) is 2.25. The molecule has 3 rings (SSSR count). The van der Waals surface area contributed by atoms with Crippen molar-refractivity contribution in [1.29, 1.82) is 0 Å². The molecule has 1 aliphatic rings. The lowest BCUT2D eigenvalue weighted by atomic mass is 10.1. The smallest absolute Gasteiger partial charge is 0.264 e. The molecule has 0 saturated heterocycles. The zero-order valence-electron chi connectivity index (χ0n) is 12.7. The Kier molecular flexibility index (Phi) is 4.36. The Morgan fingerprint density at radius 2 is 1.87 bits per heavy atom. The van der Waals surface area contributed by atoms with E-state index in [0.717, 1.165) is 5.56 Å². The third-order valence-electron chi connectivity index (χ3n) is 4.07. The van der Waals surface area contributed by atoms with Crippen LogP contribution in [0.5, 0.6) is 0 Å². The highest BCUT2D eigenvalue weighted by Crippen LogP contribution is 2.37. The van der Waals surface area contributed by atoms with Gasteiger partial charge in [-0.05, 0) is 50.1 Å². The van der Waals surface area contributed by atoms with Crippen molar-refractivity contribution in [2.75, 3.05) is 10.8 Å². The maximum absolute atomic E-state index is 13.0. The Balaban J connectivity index is 2.12. The Labute approximate surface area is 141 Å². The fourth-order valence-electron chi connectivity index (χ4n) is 2.81. The number of anilines is 1. The van der Waals surface area contributed by atoms with Crippen molar-refractivity contribution in [3.63, 3.8) is 0 Å². The van der Waals surface area contributed by atoms with Gasteiger partial charge in [0, 0.05) is 17.1 Å². The fourth-order valence-corrected chi connectivity index (χ4v) is 4.52. The number of aliphatic hydroxyl groups is 1. The predicted molar refractivity (Wildman–Crippen MR) is 91.4 cm³/mol. The third-order valence-corrected chi connectivity index (χ3v) is 6.13. The number of benzene rings is 2. The highest BCUT2D eigenvalue weighted by molar-refractivity contribution is 7.92. The molecule has 0 fully saturated rings. The summed E-state index contributed by atoms with van der Waals surface area (Å²) in [6.07, 6.45) is 0.383. The van der Waals surface area contributed by atoms with Crippen molar-refractivity contribution >= 4 is 27.3 Å². The predicted octanol–water partition coefficient (Wildman–Crippen LogP) is 3.67. The second kappa shape index (κ2) is 6.15. The van der Waals surface area contributed by atoms with E-state index in [2.05, 4.69) is 0 Å². The van der Waals surface area contributed by atoms with E-state index in [1.807, 2.05) is 6.92 Å². The molecule has 1 aliphatic heterocycles. The second-order valence-electron chi connectivity index (χ2n) is 5.75. The summed E-state index contributed by atoms with van der Waals surface area (Å²) in [7, 11) is -3.67. The van der Waals surface area contributed by atoms with Gasteiger partial charge in [0.25, 0.3) is 10.0 Å². The van der Waals surface area contributed by atoms with E-state index in [1.165, 1.54) is 4.31 Å². The summed E-state index contributed by atoms with van der Waals surface area (Å²) in [6, 6.07) is 11.7. The first-order valence-corrected chi connectivity index (χ1v) is 9.28. The van der Waals surface area contributed by atoms with Crippen LogP contribution in [0.1, 0.15) is 30.1 Å². The van der Waals surface area contributed by atoms with Crippen LogP contribution in [0.4, 0.5) is 5.69 Å². The van der Waals surface area contributed by atoms with Gasteiger partial charge in [-0.1, -0.05) is 29.3 Å². The molecule has 0 saturated carbocycles. The molecule has 122 valence electrons. The van der Waals surface area contributed by atoms with Crippen LogP contribution in [-0.4, -0.2) is 20.1 Å². The number of rotatable bonds is 2. The highest BCUT2D eigenvalue weighted by Gasteiger charge is 2.30. The normalized spacial score (nSPS) is 18.4. The van der Waals surface area contributed by atoms with Crippen molar-refractivity contribution in [3.05, 3.63) is 58.6 Å². The minimum atomic E-state index is -3.67. The summed E-state index contributed by atoms with van der Waals surface area (Å²) < 4.78 is 27.4. The van der Waals surface area contributed by atoms with Crippen LogP contribution in [-0.2, 0) is 10.0 Å². The molecule has 0 aliphatic carbocycles. The lowest BCUT2D eigenvalue weighted by Gasteiger charge is -2.25. The first kappa shape index (κ1) is 16.3. The van der Waals surface area contributed by atoms with Crippen LogP contribution in [0.25, 0.3) is 0 Å². The van der Waals surface area contributed by atoms with Crippen molar-refractivity contribution in [3.8, 4) is 0 Å². The average molecular weight is 352 g/mol. The third kappa shape index (κ3) is 3.09. The van der Waals surface area contributed by atoms with Gasteiger partial charge in [0.15, 0.2) is 0 Å². The average Bonchev–Trinajstić information content (AvgIpc) is 2.67. The standard InChI is InChI=1S/C17H18ClNO3S/c1-12-4-7-14(8-5-12)23(21,22)19-10-2-3-17(20)15-11-13(18)6-9-16(15)19/h4-9,11,17,20H,2-3,10H2,1H3/t17-/m1/s1. The summed E-state index contributed by atoms with van der Waals surface area (Å²) in [4.78, 5) is 0.250. The quantitative estimate of drug-likeness (QED) is 0.898. The first-order valence-electron chi connectivity index (χ1n) is 7.46. The van der Waals surface area contributed by atoms with Crippen molar-refractivity contribution in [2.45, 2.75) is 30.8 Å². The topological polar surface area (TPSA) is 57.6 Å². The molecule has 0 aromatic heterocycles. The molecule has 2 aromatic rings. The molecule has 1 N–H and O–H groups in total. The molecule has 4 nitrogen and oxygen atoms in total. The van der Waals surface area contributed by atoms with E-state index in [1.54, 1.807) is 42.5 Å². The monoisotopic (exact) mass is 351 g/mol. The first-order chi connectivity index (χ1) is 10.9. The van der Waals surface area contributed by atoms with Gasteiger partial charge < -0.3 is 5.11 Å². The van der Waals surface area contributed by atoms with Gasteiger partial charge >= 0.3 is 0 Å². The van der Waals surface area contributed by atoms with Crippen LogP contribution >= 0.6 is 11.6 Å². The number of fused-ring (bicyclic) bond motifs is 1. The summed E-state index contributed by atoms with van der Waals surface area (Å²) >= 11 is 6.01. The molecule has 23 heavy (non-hydrogen) atoms. The molecule has 0 unspecified atom stereocenters. The van der Waals surface area contributed by atoms with Gasteiger partial charge in [0.2, 0.25) is 0 Å². The zero-order chi connectivity index (χ0) is 16.6. The molecule has 6 heteroatoms. The van der Waals surface area contributed by atoms with E-state index in [0.29, 0.717) is 35.7 Å². The maximum Gasteiger partial charge on any atom is 0.264 e. The van der Waals surface area contributed by atoms with Crippen molar-refractivity contribution < 1.29 is 13.5 Å². The molecular formula is C17H18ClNO3S. The van der Waals surface area contributed by atoms with Crippen LogP contribution in [0.2, 0.25) is 5.02 Å². The lowest BCUT2D eigenvalue weighted by molar-refractivity contribution is 0.168. The van der Waals surface area contributed by atoms with Crippen LogP contribution in [0, 0.1) is 6.92 Å². The maximum atomic E-state index is 13.0. The molecule has 0 amide bonds. The molecule has 0 radical (unpaired) electrons.